The van der Waals surface area contributed by atoms with Gasteiger partial charge in [0.05, 0.1) is 0 Å². The Balaban J connectivity index is 0.00000176. The molecule has 0 unspecified atom stereocenters. The SMILES string of the molecule is CCNCC1CCN(C(=O)c2ccc3c(c2)CCC3)CC1.Cl. The predicted molar refractivity (Wildman–Crippen MR) is 92.9 cm³/mol. The van der Waals surface area contributed by atoms with Crippen molar-refractivity contribution in [3.05, 3.63) is 34.9 Å². The minimum absolute atomic E-state index is 0. The number of hydrogen-bond donors (Lipinski definition) is 1. The van der Waals surface area contributed by atoms with Crippen LogP contribution in [0.25, 0.3) is 0 Å². The van der Waals surface area contributed by atoms with E-state index >= 15 is 0 Å². The predicted octanol–water partition coefficient (Wildman–Crippen LogP) is 3.06. The average molecular weight is 323 g/mol. The Hall–Kier alpha value is -1.06. The number of likely N-dealkylation sites (tertiary alicyclic amines) is 1. The van der Waals surface area contributed by atoms with Crippen molar-refractivity contribution in [2.45, 2.75) is 39.0 Å². The lowest BCUT2D eigenvalue weighted by Crippen LogP contribution is -2.40. The van der Waals surface area contributed by atoms with Gasteiger partial charge in [-0.25, -0.2) is 0 Å². The van der Waals surface area contributed by atoms with Crippen molar-refractivity contribution in [3.8, 4) is 0 Å². The number of amides is 1. The van der Waals surface area contributed by atoms with E-state index in [1.54, 1.807) is 0 Å². The molecule has 1 fully saturated rings. The van der Waals surface area contributed by atoms with Gasteiger partial charge in [-0.15, -0.1) is 12.4 Å². The number of carbonyl (C=O) groups excluding carboxylic acids is 1. The number of piperidine rings is 1. The van der Waals surface area contributed by atoms with Crippen molar-refractivity contribution in [1.29, 1.82) is 0 Å². The van der Waals surface area contributed by atoms with Crippen LogP contribution in [0.2, 0.25) is 0 Å². The fraction of sp³-hybridized carbons (Fsp3) is 0.611. The van der Waals surface area contributed by atoms with E-state index in [1.165, 1.54) is 24.0 Å². The van der Waals surface area contributed by atoms with Crippen LogP contribution in [0.5, 0.6) is 0 Å². The normalized spacial score (nSPS) is 18.0. The van der Waals surface area contributed by atoms with Crippen LogP contribution in [0.15, 0.2) is 18.2 Å². The maximum Gasteiger partial charge on any atom is 0.253 e. The first-order valence-corrected chi connectivity index (χ1v) is 8.39. The van der Waals surface area contributed by atoms with E-state index in [0.717, 1.165) is 56.9 Å². The Morgan fingerprint density at radius 3 is 2.68 bits per heavy atom. The van der Waals surface area contributed by atoms with Gasteiger partial charge in [0.25, 0.3) is 5.91 Å². The van der Waals surface area contributed by atoms with Crippen LogP contribution in [-0.4, -0.2) is 37.0 Å². The maximum atomic E-state index is 12.6. The number of hydrogen-bond acceptors (Lipinski definition) is 2. The Labute approximate surface area is 139 Å². The molecular weight excluding hydrogens is 296 g/mol. The third-order valence-electron chi connectivity index (χ3n) is 4.93. The third kappa shape index (κ3) is 3.82. The van der Waals surface area contributed by atoms with E-state index in [9.17, 15) is 4.79 Å². The van der Waals surface area contributed by atoms with Gasteiger partial charge in [-0.05, 0) is 74.4 Å². The Kier molecular flexibility index (Phi) is 6.27. The number of aryl methyl sites for hydroxylation is 2. The second-order valence-electron chi connectivity index (χ2n) is 6.38. The highest BCUT2D eigenvalue weighted by atomic mass is 35.5. The number of benzene rings is 1. The van der Waals surface area contributed by atoms with Crippen molar-refractivity contribution >= 4 is 18.3 Å². The zero-order valence-corrected chi connectivity index (χ0v) is 14.3. The molecule has 0 spiro atoms. The number of fused-ring (bicyclic) bond motifs is 1. The van der Waals surface area contributed by atoms with E-state index in [4.69, 9.17) is 0 Å². The molecule has 22 heavy (non-hydrogen) atoms. The smallest absolute Gasteiger partial charge is 0.253 e. The molecule has 0 radical (unpaired) electrons. The molecule has 1 N–H and O–H groups in total. The molecule has 1 aliphatic carbocycles. The van der Waals surface area contributed by atoms with Crippen LogP contribution in [0.1, 0.15) is 47.7 Å². The first-order chi connectivity index (χ1) is 10.3. The molecule has 1 aliphatic heterocycles. The topological polar surface area (TPSA) is 32.3 Å². The molecule has 1 aromatic carbocycles. The number of carbonyl (C=O) groups is 1. The van der Waals surface area contributed by atoms with Gasteiger partial charge in [0.2, 0.25) is 0 Å². The fourth-order valence-corrected chi connectivity index (χ4v) is 3.58. The molecule has 0 saturated carbocycles. The molecule has 2 aliphatic rings. The van der Waals surface area contributed by atoms with Gasteiger partial charge in [0.1, 0.15) is 0 Å². The van der Waals surface area contributed by atoms with Gasteiger partial charge < -0.3 is 10.2 Å². The largest absolute Gasteiger partial charge is 0.339 e. The van der Waals surface area contributed by atoms with Gasteiger partial charge in [-0.2, -0.15) is 0 Å². The highest BCUT2D eigenvalue weighted by molar-refractivity contribution is 5.94. The molecule has 1 saturated heterocycles. The number of rotatable bonds is 4. The van der Waals surface area contributed by atoms with Crippen LogP contribution in [-0.2, 0) is 12.8 Å². The van der Waals surface area contributed by atoms with E-state index in [2.05, 4.69) is 24.4 Å². The Morgan fingerprint density at radius 1 is 1.23 bits per heavy atom. The molecule has 0 atom stereocenters. The van der Waals surface area contributed by atoms with Crippen LogP contribution in [0.3, 0.4) is 0 Å². The summed E-state index contributed by atoms with van der Waals surface area (Å²) in [6.07, 6.45) is 5.82. The van der Waals surface area contributed by atoms with Crippen molar-refractivity contribution in [3.63, 3.8) is 0 Å². The van der Waals surface area contributed by atoms with Crippen molar-refractivity contribution in [2.75, 3.05) is 26.2 Å². The van der Waals surface area contributed by atoms with E-state index in [0.29, 0.717) is 0 Å². The van der Waals surface area contributed by atoms with Gasteiger partial charge in [0.15, 0.2) is 0 Å². The minimum atomic E-state index is 0. The summed E-state index contributed by atoms with van der Waals surface area (Å²) in [5.41, 5.74) is 3.72. The summed E-state index contributed by atoms with van der Waals surface area (Å²) in [6, 6.07) is 6.32. The fourth-order valence-electron chi connectivity index (χ4n) is 3.58. The number of nitrogens with zero attached hydrogens (tertiary/aromatic N) is 1. The van der Waals surface area contributed by atoms with Gasteiger partial charge in [-0.3, -0.25) is 4.79 Å². The average Bonchev–Trinajstić information content (AvgIpc) is 3.00. The lowest BCUT2D eigenvalue weighted by atomic mass is 9.96. The van der Waals surface area contributed by atoms with Crippen LogP contribution in [0, 0.1) is 5.92 Å². The second kappa shape index (κ2) is 7.98. The van der Waals surface area contributed by atoms with E-state index < -0.39 is 0 Å². The number of halogens is 1. The molecule has 3 rings (SSSR count). The van der Waals surface area contributed by atoms with Crippen LogP contribution >= 0.6 is 12.4 Å². The summed E-state index contributed by atoms with van der Waals surface area (Å²) in [4.78, 5) is 14.7. The standard InChI is InChI=1S/C18H26N2O.ClH/c1-2-19-13-14-8-10-20(11-9-14)18(21)17-7-6-15-4-3-5-16(15)12-17;/h6-7,12,14,19H,2-5,8-11,13H2,1H3;1H. The van der Waals surface area contributed by atoms with Crippen LogP contribution in [0.4, 0.5) is 0 Å². The Bertz CT molecular complexity index is 510. The summed E-state index contributed by atoms with van der Waals surface area (Å²) >= 11 is 0. The summed E-state index contributed by atoms with van der Waals surface area (Å²) in [6.45, 7) is 6.09. The zero-order chi connectivity index (χ0) is 14.7. The van der Waals surface area contributed by atoms with Gasteiger partial charge in [-0.1, -0.05) is 13.0 Å². The molecule has 1 heterocycles. The maximum absolute atomic E-state index is 12.6. The third-order valence-corrected chi connectivity index (χ3v) is 4.93. The molecule has 0 bridgehead atoms. The molecule has 0 aromatic heterocycles. The molecule has 122 valence electrons. The lowest BCUT2D eigenvalue weighted by Gasteiger charge is -2.32. The van der Waals surface area contributed by atoms with Crippen molar-refractivity contribution in [1.82, 2.24) is 10.2 Å². The first-order valence-electron chi connectivity index (χ1n) is 8.39. The molecule has 1 aromatic rings. The summed E-state index contributed by atoms with van der Waals surface area (Å²) in [5, 5.41) is 3.42. The van der Waals surface area contributed by atoms with Gasteiger partial charge >= 0.3 is 0 Å². The van der Waals surface area contributed by atoms with Gasteiger partial charge in [0, 0.05) is 18.7 Å². The lowest BCUT2D eigenvalue weighted by molar-refractivity contribution is 0.0690. The minimum Gasteiger partial charge on any atom is -0.339 e. The van der Waals surface area contributed by atoms with E-state index in [-0.39, 0.29) is 18.3 Å². The molecular formula is C18H27ClN2O. The van der Waals surface area contributed by atoms with E-state index in [1.807, 2.05) is 11.0 Å². The molecule has 1 amide bonds. The summed E-state index contributed by atoms with van der Waals surface area (Å²) in [5.74, 6) is 0.959. The monoisotopic (exact) mass is 322 g/mol. The zero-order valence-electron chi connectivity index (χ0n) is 13.4. The second-order valence-corrected chi connectivity index (χ2v) is 6.38. The quantitative estimate of drug-likeness (QED) is 0.924. The molecule has 4 heteroatoms. The highest BCUT2D eigenvalue weighted by Gasteiger charge is 2.24. The highest BCUT2D eigenvalue weighted by Crippen LogP contribution is 2.24. The van der Waals surface area contributed by atoms with Crippen molar-refractivity contribution in [2.24, 2.45) is 5.92 Å². The molecule has 3 nitrogen and oxygen atoms in total. The Morgan fingerprint density at radius 2 is 1.95 bits per heavy atom. The van der Waals surface area contributed by atoms with Crippen LogP contribution < -0.4 is 5.32 Å². The first kappa shape index (κ1) is 17.3. The number of nitrogens with one attached hydrogen (secondary N) is 1. The summed E-state index contributed by atoms with van der Waals surface area (Å²) < 4.78 is 0. The summed E-state index contributed by atoms with van der Waals surface area (Å²) in [7, 11) is 0. The van der Waals surface area contributed by atoms with Crippen molar-refractivity contribution < 1.29 is 4.79 Å².